The Morgan fingerprint density at radius 3 is 3.00 bits per heavy atom. The minimum absolute atomic E-state index is 0.0849. The molecule has 1 fully saturated rings. The van der Waals surface area contributed by atoms with Crippen molar-refractivity contribution in [2.24, 2.45) is 5.73 Å². The summed E-state index contributed by atoms with van der Waals surface area (Å²) in [5.74, 6) is 0. The summed E-state index contributed by atoms with van der Waals surface area (Å²) in [5, 5.41) is 11.4. The Bertz CT molecular complexity index is 453. The highest BCUT2D eigenvalue weighted by Gasteiger charge is 2.21. The maximum atomic E-state index is 11.0. The molecule has 98 valence electrons. The number of nitrogens with zero attached hydrogens (tertiary/aromatic N) is 2. The Morgan fingerprint density at radius 2 is 2.33 bits per heavy atom. The van der Waals surface area contributed by atoms with E-state index in [1.807, 2.05) is 0 Å². The number of piperidine rings is 1. The molecule has 1 aliphatic rings. The van der Waals surface area contributed by atoms with E-state index in [9.17, 15) is 10.1 Å². The van der Waals surface area contributed by atoms with Crippen molar-refractivity contribution in [1.82, 2.24) is 4.90 Å². The van der Waals surface area contributed by atoms with Crippen LogP contribution in [0.1, 0.15) is 18.4 Å². The summed E-state index contributed by atoms with van der Waals surface area (Å²) in [6.45, 7) is 2.29. The van der Waals surface area contributed by atoms with Crippen LogP contribution < -0.4 is 5.73 Å². The van der Waals surface area contributed by atoms with Gasteiger partial charge in [0.2, 0.25) is 0 Å². The van der Waals surface area contributed by atoms with Crippen LogP contribution in [-0.2, 0) is 6.54 Å². The van der Waals surface area contributed by atoms with E-state index in [0.29, 0.717) is 17.1 Å². The lowest BCUT2D eigenvalue weighted by molar-refractivity contribution is -0.385. The van der Waals surface area contributed by atoms with E-state index < -0.39 is 0 Å². The predicted octanol–water partition coefficient (Wildman–Crippen LogP) is 2.17. The lowest BCUT2D eigenvalue weighted by atomic mass is 10.1. The summed E-state index contributed by atoms with van der Waals surface area (Å²) in [6, 6.07) is 4.99. The predicted molar refractivity (Wildman–Crippen MR) is 70.6 cm³/mol. The average Bonchev–Trinajstić information content (AvgIpc) is 2.31. The zero-order chi connectivity index (χ0) is 13.1. The highest BCUT2D eigenvalue weighted by Crippen LogP contribution is 2.25. The highest BCUT2D eigenvalue weighted by atomic mass is 35.5. The number of rotatable bonds is 3. The zero-order valence-corrected chi connectivity index (χ0v) is 10.8. The van der Waals surface area contributed by atoms with Crippen molar-refractivity contribution in [3.63, 3.8) is 0 Å². The molecular weight excluding hydrogens is 254 g/mol. The first-order chi connectivity index (χ1) is 8.56. The van der Waals surface area contributed by atoms with Gasteiger partial charge in [0.05, 0.1) is 4.92 Å². The Balaban J connectivity index is 2.15. The van der Waals surface area contributed by atoms with Gasteiger partial charge in [0.1, 0.15) is 0 Å². The maximum absolute atomic E-state index is 11.0. The summed E-state index contributed by atoms with van der Waals surface area (Å²) in [6.07, 6.45) is 2.07. The van der Waals surface area contributed by atoms with Gasteiger partial charge in [0.25, 0.3) is 5.69 Å². The molecule has 1 saturated heterocycles. The quantitative estimate of drug-likeness (QED) is 0.674. The van der Waals surface area contributed by atoms with E-state index in [1.54, 1.807) is 12.1 Å². The van der Waals surface area contributed by atoms with Crippen molar-refractivity contribution in [2.45, 2.75) is 25.4 Å². The van der Waals surface area contributed by atoms with Crippen LogP contribution >= 0.6 is 11.6 Å². The molecule has 2 N–H and O–H groups in total. The third kappa shape index (κ3) is 3.19. The highest BCUT2D eigenvalue weighted by molar-refractivity contribution is 6.30. The second-order valence-electron chi connectivity index (χ2n) is 4.67. The molecular formula is C12H16ClN3O2. The Kier molecular flexibility index (Phi) is 4.16. The number of hydrogen-bond donors (Lipinski definition) is 1. The second-order valence-corrected chi connectivity index (χ2v) is 5.10. The number of nitro benzene ring substituents is 1. The summed E-state index contributed by atoms with van der Waals surface area (Å²) >= 11 is 5.79. The van der Waals surface area contributed by atoms with Gasteiger partial charge in [-0.05, 0) is 31.5 Å². The van der Waals surface area contributed by atoms with E-state index in [-0.39, 0.29) is 16.7 Å². The average molecular weight is 270 g/mol. The van der Waals surface area contributed by atoms with E-state index >= 15 is 0 Å². The number of hydrogen-bond acceptors (Lipinski definition) is 4. The number of nitro groups is 1. The van der Waals surface area contributed by atoms with Gasteiger partial charge in [0.15, 0.2) is 0 Å². The Morgan fingerprint density at radius 1 is 1.56 bits per heavy atom. The smallest absolute Gasteiger partial charge is 0.275 e. The van der Waals surface area contributed by atoms with Crippen LogP contribution in [0.2, 0.25) is 5.02 Å². The Labute approximate surface area is 111 Å². The van der Waals surface area contributed by atoms with Crippen LogP contribution in [-0.4, -0.2) is 29.0 Å². The fourth-order valence-electron chi connectivity index (χ4n) is 2.32. The first-order valence-electron chi connectivity index (χ1n) is 5.97. The van der Waals surface area contributed by atoms with Crippen molar-refractivity contribution >= 4 is 17.3 Å². The van der Waals surface area contributed by atoms with Gasteiger partial charge in [-0.15, -0.1) is 0 Å². The summed E-state index contributed by atoms with van der Waals surface area (Å²) in [4.78, 5) is 12.8. The molecule has 0 aromatic heterocycles. The molecule has 0 saturated carbocycles. The molecule has 0 aliphatic carbocycles. The van der Waals surface area contributed by atoms with Crippen LogP contribution in [0.5, 0.6) is 0 Å². The van der Waals surface area contributed by atoms with Gasteiger partial charge < -0.3 is 5.73 Å². The summed E-state index contributed by atoms with van der Waals surface area (Å²) < 4.78 is 0. The molecule has 6 heteroatoms. The molecule has 1 aromatic rings. The molecule has 2 rings (SSSR count). The van der Waals surface area contributed by atoms with E-state index in [2.05, 4.69) is 4.90 Å². The van der Waals surface area contributed by atoms with E-state index in [1.165, 1.54) is 6.07 Å². The van der Waals surface area contributed by atoms with Crippen molar-refractivity contribution in [3.8, 4) is 0 Å². The monoisotopic (exact) mass is 269 g/mol. The zero-order valence-electron chi connectivity index (χ0n) is 10.0. The first kappa shape index (κ1) is 13.3. The molecule has 1 aromatic carbocycles. The summed E-state index contributed by atoms with van der Waals surface area (Å²) in [5.41, 5.74) is 6.68. The molecule has 1 aliphatic heterocycles. The molecule has 1 atom stereocenters. The topological polar surface area (TPSA) is 72.4 Å². The minimum atomic E-state index is -0.384. The minimum Gasteiger partial charge on any atom is -0.327 e. The molecule has 0 amide bonds. The number of likely N-dealkylation sites (tertiary alicyclic amines) is 1. The van der Waals surface area contributed by atoms with E-state index in [4.69, 9.17) is 17.3 Å². The lowest BCUT2D eigenvalue weighted by Crippen LogP contribution is -2.42. The lowest BCUT2D eigenvalue weighted by Gasteiger charge is -2.30. The molecule has 18 heavy (non-hydrogen) atoms. The number of nitrogens with two attached hydrogens (primary N) is 1. The molecule has 5 nitrogen and oxygen atoms in total. The first-order valence-corrected chi connectivity index (χ1v) is 6.35. The van der Waals surface area contributed by atoms with Crippen molar-refractivity contribution in [1.29, 1.82) is 0 Å². The van der Waals surface area contributed by atoms with Gasteiger partial charge in [-0.3, -0.25) is 15.0 Å². The standard InChI is InChI=1S/C12H16ClN3O2/c13-10-4-3-9(12(6-10)16(17)18)7-15-5-1-2-11(14)8-15/h3-4,6,11H,1-2,5,7-8,14H2/t11-/m1/s1. The molecule has 0 bridgehead atoms. The summed E-state index contributed by atoms with van der Waals surface area (Å²) in [7, 11) is 0. The van der Waals surface area contributed by atoms with Crippen LogP contribution in [0.25, 0.3) is 0 Å². The van der Waals surface area contributed by atoms with Gasteiger partial charge in [-0.25, -0.2) is 0 Å². The number of halogens is 1. The maximum Gasteiger partial charge on any atom is 0.275 e. The van der Waals surface area contributed by atoms with Gasteiger partial charge in [-0.1, -0.05) is 11.6 Å². The van der Waals surface area contributed by atoms with Gasteiger partial charge >= 0.3 is 0 Å². The SMILES string of the molecule is N[C@@H]1CCCN(Cc2ccc(Cl)cc2[N+](=O)[O-])C1. The fourth-order valence-corrected chi connectivity index (χ4v) is 2.48. The third-order valence-corrected chi connectivity index (χ3v) is 3.42. The van der Waals surface area contributed by atoms with Gasteiger partial charge in [0, 0.05) is 35.8 Å². The van der Waals surface area contributed by atoms with Crippen molar-refractivity contribution in [2.75, 3.05) is 13.1 Å². The molecule has 1 heterocycles. The van der Waals surface area contributed by atoms with Crippen LogP contribution in [0.4, 0.5) is 5.69 Å². The number of benzene rings is 1. The molecule has 0 spiro atoms. The van der Waals surface area contributed by atoms with Crippen molar-refractivity contribution in [3.05, 3.63) is 38.9 Å². The Hall–Kier alpha value is -1.17. The van der Waals surface area contributed by atoms with Crippen LogP contribution in [0, 0.1) is 10.1 Å². The fraction of sp³-hybridized carbons (Fsp3) is 0.500. The van der Waals surface area contributed by atoms with E-state index in [0.717, 1.165) is 25.9 Å². The second kappa shape index (κ2) is 5.65. The molecule has 0 unspecified atom stereocenters. The largest absolute Gasteiger partial charge is 0.327 e. The van der Waals surface area contributed by atoms with Gasteiger partial charge in [-0.2, -0.15) is 0 Å². The molecule has 0 radical (unpaired) electrons. The van der Waals surface area contributed by atoms with Crippen LogP contribution in [0.3, 0.4) is 0 Å². The normalized spacial score (nSPS) is 20.9. The van der Waals surface area contributed by atoms with Crippen molar-refractivity contribution < 1.29 is 4.92 Å². The third-order valence-electron chi connectivity index (χ3n) is 3.18. The van der Waals surface area contributed by atoms with Crippen LogP contribution in [0.15, 0.2) is 18.2 Å².